The summed E-state index contributed by atoms with van der Waals surface area (Å²) in [5, 5.41) is 11.4. The molecule has 0 bridgehead atoms. The predicted octanol–water partition coefficient (Wildman–Crippen LogP) is 2.37. The van der Waals surface area contributed by atoms with Gasteiger partial charge in [-0.15, -0.1) is 0 Å². The number of esters is 1. The number of hydrogen-bond acceptors (Lipinski definition) is 5. The molecule has 0 radical (unpaired) electrons. The molecule has 140 valence electrons. The van der Waals surface area contributed by atoms with Crippen molar-refractivity contribution in [2.45, 2.75) is 19.4 Å². The maximum absolute atomic E-state index is 12.8. The van der Waals surface area contributed by atoms with Crippen molar-refractivity contribution in [2.24, 2.45) is 0 Å². The number of hydrogen-bond donors (Lipinski definition) is 1. The van der Waals surface area contributed by atoms with Gasteiger partial charge in [-0.25, -0.2) is 9.18 Å². The highest BCUT2D eigenvalue weighted by molar-refractivity contribution is 5.83. The monoisotopic (exact) mass is 370 g/mol. The van der Waals surface area contributed by atoms with E-state index in [0.29, 0.717) is 24.3 Å². The van der Waals surface area contributed by atoms with E-state index in [0.717, 1.165) is 5.56 Å². The smallest absolute Gasteiger partial charge is 0.344 e. The van der Waals surface area contributed by atoms with Gasteiger partial charge in [-0.1, -0.05) is 12.1 Å². The van der Waals surface area contributed by atoms with Gasteiger partial charge in [-0.3, -0.25) is 4.79 Å². The SMILES string of the molecule is C[C@H](OC(=O)COc1ccc(C#N)cc1)C(=O)NCCc1ccc(F)cc1. The van der Waals surface area contributed by atoms with Crippen molar-refractivity contribution < 1.29 is 23.5 Å². The molecule has 0 aliphatic heterocycles. The number of halogens is 1. The number of carbonyl (C=O) groups is 2. The van der Waals surface area contributed by atoms with E-state index >= 15 is 0 Å². The third-order valence-electron chi connectivity index (χ3n) is 3.64. The molecular weight excluding hydrogens is 351 g/mol. The van der Waals surface area contributed by atoms with Crippen molar-refractivity contribution in [2.75, 3.05) is 13.2 Å². The van der Waals surface area contributed by atoms with Crippen LogP contribution in [0.2, 0.25) is 0 Å². The first-order valence-electron chi connectivity index (χ1n) is 8.32. The van der Waals surface area contributed by atoms with Crippen molar-refractivity contribution in [1.82, 2.24) is 5.32 Å². The van der Waals surface area contributed by atoms with Crippen molar-refractivity contribution >= 4 is 11.9 Å². The second kappa shape index (κ2) is 9.92. The Hall–Kier alpha value is -3.40. The zero-order valence-electron chi connectivity index (χ0n) is 14.8. The quantitative estimate of drug-likeness (QED) is 0.721. The molecule has 6 nitrogen and oxygen atoms in total. The fourth-order valence-corrected chi connectivity index (χ4v) is 2.18. The highest BCUT2D eigenvalue weighted by Gasteiger charge is 2.17. The van der Waals surface area contributed by atoms with Crippen LogP contribution in [0.15, 0.2) is 48.5 Å². The van der Waals surface area contributed by atoms with Crippen LogP contribution in [0, 0.1) is 17.1 Å². The summed E-state index contributed by atoms with van der Waals surface area (Å²) in [5.41, 5.74) is 1.37. The first-order chi connectivity index (χ1) is 13.0. The van der Waals surface area contributed by atoms with Crippen LogP contribution in [0.25, 0.3) is 0 Å². The minimum atomic E-state index is -0.963. The first kappa shape index (κ1) is 19.9. The van der Waals surface area contributed by atoms with Crippen LogP contribution < -0.4 is 10.1 Å². The molecule has 0 aliphatic carbocycles. The van der Waals surface area contributed by atoms with Crippen LogP contribution in [-0.2, 0) is 20.7 Å². The van der Waals surface area contributed by atoms with E-state index in [9.17, 15) is 14.0 Å². The van der Waals surface area contributed by atoms with Gasteiger partial charge >= 0.3 is 5.97 Å². The van der Waals surface area contributed by atoms with E-state index in [1.165, 1.54) is 19.1 Å². The highest BCUT2D eigenvalue weighted by atomic mass is 19.1. The molecule has 2 aromatic carbocycles. The van der Waals surface area contributed by atoms with E-state index < -0.39 is 18.0 Å². The first-order valence-corrected chi connectivity index (χ1v) is 8.32. The molecule has 1 amide bonds. The van der Waals surface area contributed by atoms with Crippen molar-refractivity contribution in [3.63, 3.8) is 0 Å². The molecule has 1 N–H and O–H groups in total. The summed E-state index contributed by atoms with van der Waals surface area (Å²) in [5.74, 6) is -1.00. The van der Waals surface area contributed by atoms with Gasteiger partial charge in [0.05, 0.1) is 11.6 Å². The summed E-state index contributed by atoms with van der Waals surface area (Å²) in [6, 6.07) is 14.2. The minimum Gasteiger partial charge on any atom is -0.482 e. The van der Waals surface area contributed by atoms with Gasteiger partial charge in [-0.2, -0.15) is 5.26 Å². The Morgan fingerprint density at radius 3 is 2.44 bits per heavy atom. The molecule has 2 rings (SSSR count). The summed E-state index contributed by atoms with van der Waals surface area (Å²) < 4.78 is 23.1. The third-order valence-corrected chi connectivity index (χ3v) is 3.64. The van der Waals surface area contributed by atoms with E-state index in [-0.39, 0.29) is 12.4 Å². The summed E-state index contributed by atoms with van der Waals surface area (Å²) in [4.78, 5) is 23.7. The lowest BCUT2D eigenvalue weighted by molar-refractivity contribution is -0.156. The Morgan fingerprint density at radius 2 is 1.81 bits per heavy atom. The number of carbonyl (C=O) groups excluding carboxylic acids is 2. The van der Waals surface area contributed by atoms with E-state index in [1.54, 1.807) is 36.4 Å². The van der Waals surface area contributed by atoms with E-state index in [1.807, 2.05) is 6.07 Å². The number of rotatable bonds is 8. The number of nitrogens with one attached hydrogen (secondary N) is 1. The fraction of sp³-hybridized carbons (Fsp3) is 0.250. The Morgan fingerprint density at radius 1 is 1.15 bits per heavy atom. The van der Waals surface area contributed by atoms with E-state index in [2.05, 4.69) is 5.32 Å². The van der Waals surface area contributed by atoms with Gasteiger partial charge in [-0.05, 0) is 55.3 Å². The molecule has 0 spiro atoms. The molecular formula is C20H19FN2O4. The highest BCUT2D eigenvalue weighted by Crippen LogP contribution is 2.11. The zero-order valence-corrected chi connectivity index (χ0v) is 14.8. The van der Waals surface area contributed by atoms with Gasteiger partial charge in [0.15, 0.2) is 12.7 Å². The molecule has 0 saturated heterocycles. The van der Waals surface area contributed by atoms with Crippen LogP contribution in [0.4, 0.5) is 4.39 Å². The average Bonchev–Trinajstić information content (AvgIpc) is 2.68. The van der Waals surface area contributed by atoms with Crippen LogP contribution in [-0.4, -0.2) is 31.1 Å². The molecule has 7 heteroatoms. The van der Waals surface area contributed by atoms with Crippen LogP contribution in [0.1, 0.15) is 18.1 Å². The maximum Gasteiger partial charge on any atom is 0.344 e. The fourth-order valence-electron chi connectivity index (χ4n) is 2.18. The van der Waals surface area contributed by atoms with Gasteiger partial charge < -0.3 is 14.8 Å². The largest absolute Gasteiger partial charge is 0.482 e. The molecule has 1 atom stereocenters. The maximum atomic E-state index is 12.8. The Labute approximate surface area is 156 Å². The van der Waals surface area contributed by atoms with Crippen LogP contribution >= 0.6 is 0 Å². The molecule has 2 aromatic rings. The Kier molecular flexibility index (Phi) is 7.32. The second-order valence-corrected chi connectivity index (χ2v) is 5.72. The number of nitrogens with zero attached hydrogens (tertiary/aromatic N) is 1. The lowest BCUT2D eigenvalue weighted by Crippen LogP contribution is -2.37. The standard InChI is InChI=1S/C20H19FN2O4/c1-14(20(25)23-11-10-15-2-6-17(21)7-3-15)27-19(24)13-26-18-8-4-16(12-22)5-9-18/h2-9,14H,10-11,13H2,1H3,(H,23,25)/t14-/m0/s1. The summed E-state index contributed by atoms with van der Waals surface area (Å²) >= 11 is 0. The molecule has 0 saturated carbocycles. The lowest BCUT2D eigenvalue weighted by atomic mass is 10.1. The number of ether oxygens (including phenoxy) is 2. The minimum absolute atomic E-state index is 0.313. The topological polar surface area (TPSA) is 88.4 Å². The third kappa shape index (κ3) is 6.78. The lowest BCUT2D eigenvalue weighted by Gasteiger charge is -2.14. The second-order valence-electron chi connectivity index (χ2n) is 5.72. The predicted molar refractivity (Wildman–Crippen MR) is 95.3 cm³/mol. The number of amides is 1. The summed E-state index contributed by atoms with van der Waals surface area (Å²) in [7, 11) is 0. The number of nitriles is 1. The van der Waals surface area contributed by atoms with Crippen molar-refractivity contribution in [3.05, 3.63) is 65.5 Å². The van der Waals surface area contributed by atoms with Gasteiger partial charge in [0.1, 0.15) is 11.6 Å². The summed E-state index contributed by atoms with van der Waals surface area (Å²) in [6.07, 6.45) is -0.427. The molecule has 0 fully saturated rings. The molecule has 0 aromatic heterocycles. The molecule has 0 heterocycles. The van der Waals surface area contributed by atoms with Crippen molar-refractivity contribution in [3.8, 4) is 11.8 Å². The van der Waals surface area contributed by atoms with Crippen LogP contribution in [0.5, 0.6) is 5.75 Å². The normalized spacial score (nSPS) is 11.1. The van der Waals surface area contributed by atoms with E-state index in [4.69, 9.17) is 14.7 Å². The Balaban J connectivity index is 1.68. The van der Waals surface area contributed by atoms with Crippen molar-refractivity contribution in [1.29, 1.82) is 5.26 Å². The molecule has 0 aliphatic rings. The number of benzene rings is 2. The van der Waals surface area contributed by atoms with Gasteiger partial charge in [0.2, 0.25) is 0 Å². The average molecular weight is 370 g/mol. The summed E-state index contributed by atoms with van der Waals surface area (Å²) in [6.45, 7) is 1.46. The van der Waals surface area contributed by atoms with Crippen LogP contribution in [0.3, 0.4) is 0 Å². The van der Waals surface area contributed by atoms with Gasteiger partial charge in [0.25, 0.3) is 5.91 Å². The Bertz CT molecular complexity index is 813. The zero-order chi connectivity index (χ0) is 19.6. The molecule has 0 unspecified atom stereocenters. The molecule has 27 heavy (non-hydrogen) atoms. The van der Waals surface area contributed by atoms with Gasteiger partial charge in [0, 0.05) is 6.54 Å².